The quantitative estimate of drug-likeness (QED) is 0.211. The predicted octanol–water partition coefficient (Wildman–Crippen LogP) is 8.02. The molecule has 0 spiro atoms. The number of ketones is 1. The van der Waals surface area contributed by atoms with Crippen molar-refractivity contribution in [2.24, 2.45) is 62.6 Å². The molecule has 0 saturated heterocycles. The normalized spacial score (nSPS) is 40.6. The molecule has 0 aliphatic heterocycles. The number of esters is 1. The second-order valence-electron chi connectivity index (χ2n) is 21.0. The zero-order chi connectivity index (χ0) is 40.2. The zero-order valence-corrected chi connectivity index (χ0v) is 35.1. The van der Waals surface area contributed by atoms with Gasteiger partial charge in [-0.05, 0) is 135 Å². The van der Waals surface area contributed by atoms with Crippen LogP contribution in [0.3, 0.4) is 0 Å². The van der Waals surface area contributed by atoms with E-state index in [4.69, 9.17) is 9.47 Å². The highest BCUT2D eigenvalue weighted by Gasteiger charge is 2.70. The number of Topliss-reactive ketones (excluding diaryl/α,β-unsaturated/α-hetero) is 1. The lowest BCUT2D eigenvalue weighted by Gasteiger charge is -2.72. The van der Waals surface area contributed by atoms with E-state index in [1.54, 1.807) is 20.8 Å². The van der Waals surface area contributed by atoms with Crippen molar-refractivity contribution in [1.82, 2.24) is 10.6 Å². The van der Waals surface area contributed by atoms with Crippen LogP contribution in [-0.4, -0.2) is 58.6 Å². The fourth-order valence-corrected chi connectivity index (χ4v) is 13.8. The van der Waals surface area contributed by atoms with Crippen molar-refractivity contribution in [3.05, 3.63) is 11.1 Å². The molecule has 0 radical (unpaired) electrons. The Morgan fingerprint density at radius 2 is 1.52 bits per heavy atom. The maximum atomic E-state index is 14.0. The third-order valence-electron chi connectivity index (χ3n) is 17.1. The van der Waals surface area contributed by atoms with Crippen molar-refractivity contribution in [3.63, 3.8) is 0 Å². The van der Waals surface area contributed by atoms with Gasteiger partial charge in [0.2, 0.25) is 5.91 Å². The van der Waals surface area contributed by atoms with E-state index in [1.165, 1.54) is 0 Å². The third-order valence-corrected chi connectivity index (χ3v) is 17.1. The molecule has 10 nitrogen and oxygen atoms in total. The van der Waals surface area contributed by atoms with E-state index in [-0.39, 0.29) is 70.3 Å². The van der Waals surface area contributed by atoms with Gasteiger partial charge >= 0.3 is 18.0 Å². The van der Waals surface area contributed by atoms with E-state index in [0.29, 0.717) is 24.7 Å². The van der Waals surface area contributed by atoms with Crippen molar-refractivity contribution in [2.45, 2.75) is 164 Å². The van der Waals surface area contributed by atoms with Crippen LogP contribution in [0.2, 0.25) is 0 Å². The zero-order valence-electron chi connectivity index (χ0n) is 35.1. The molecule has 10 atom stereocenters. The van der Waals surface area contributed by atoms with Crippen LogP contribution in [0, 0.1) is 62.6 Å². The fourth-order valence-electron chi connectivity index (χ4n) is 13.8. The van der Waals surface area contributed by atoms with E-state index < -0.39 is 40.4 Å². The number of alkyl carbamates (subject to hydrolysis) is 1. The number of allylic oxidation sites excluding steroid dienone is 1. The van der Waals surface area contributed by atoms with Crippen LogP contribution in [0.25, 0.3) is 0 Å². The van der Waals surface area contributed by atoms with Gasteiger partial charge in [0.05, 0.1) is 24.0 Å². The Labute approximate surface area is 323 Å². The number of hydrogen-bond acceptors (Lipinski definition) is 7. The summed E-state index contributed by atoms with van der Waals surface area (Å²) in [5.41, 5.74) is -0.928. The van der Waals surface area contributed by atoms with Crippen molar-refractivity contribution >= 4 is 29.7 Å². The van der Waals surface area contributed by atoms with E-state index in [2.05, 4.69) is 59.1 Å². The smallest absolute Gasteiger partial charge is 0.407 e. The molecule has 0 aromatic carbocycles. The predicted molar refractivity (Wildman–Crippen MR) is 205 cm³/mol. The Morgan fingerprint density at radius 1 is 0.852 bits per heavy atom. The van der Waals surface area contributed by atoms with Gasteiger partial charge in [-0.1, -0.05) is 62.3 Å². The first kappa shape index (κ1) is 40.7. The number of rotatable bonds is 8. The van der Waals surface area contributed by atoms with Crippen LogP contribution in [-0.2, 0) is 28.7 Å². The summed E-state index contributed by atoms with van der Waals surface area (Å²) >= 11 is 0. The molecule has 1 unspecified atom stereocenters. The number of carbonyl (C=O) groups is 5. The van der Waals surface area contributed by atoms with Crippen molar-refractivity contribution in [3.8, 4) is 0 Å². The molecule has 5 fully saturated rings. The number of carboxylic acid groups (broad SMARTS) is 1. The molecular formula is C44H68N2O8. The number of fused-ring (bicyclic) bond motifs is 7. The first-order valence-electron chi connectivity index (χ1n) is 20.8. The van der Waals surface area contributed by atoms with Gasteiger partial charge in [0.1, 0.15) is 11.6 Å². The summed E-state index contributed by atoms with van der Waals surface area (Å²) in [4.78, 5) is 65.8. The Bertz CT molecular complexity index is 1640. The minimum Gasteiger partial charge on any atom is -0.481 e. The molecule has 6 aliphatic carbocycles. The number of hydrogen-bond donors (Lipinski definition) is 3. The number of aliphatic carboxylic acids is 1. The first-order valence-corrected chi connectivity index (χ1v) is 20.8. The van der Waals surface area contributed by atoms with Crippen molar-refractivity contribution in [1.29, 1.82) is 0 Å². The monoisotopic (exact) mass is 752 g/mol. The molecule has 6 rings (SSSR count). The van der Waals surface area contributed by atoms with Crippen molar-refractivity contribution in [2.75, 3.05) is 6.61 Å². The molecule has 54 heavy (non-hydrogen) atoms. The summed E-state index contributed by atoms with van der Waals surface area (Å²) in [6, 6.07) is 0. The van der Waals surface area contributed by atoms with Crippen LogP contribution in [0.5, 0.6) is 0 Å². The van der Waals surface area contributed by atoms with E-state index in [9.17, 15) is 29.1 Å². The van der Waals surface area contributed by atoms with Crippen LogP contribution < -0.4 is 10.6 Å². The lowest BCUT2D eigenvalue weighted by Crippen LogP contribution is -2.68. The average Bonchev–Trinajstić information content (AvgIpc) is 3.33. The fraction of sp³-hybridized carbons (Fsp3) is 0.841. The summed E-state index contributed by atoms with van der Waals surface area (Å²) in [6.45, 7) is 25.3. The molecule has 2 amide bonds. The standard InChI is InChI=1S/C44H68N2O8/c1-13-53-37(52)46-40(8,9)36(51)45-44-21-20-42(11)25(33(44)32(24(2)3)28(47)23-44)14-15-30-41(10)18-17-31(39(6,7)29(41)16-19-43(30,42)12)54-35(50)27-22-26(34(48)49)38(27,4)5/h24-27,29-31H,13-23H2,1-12H3,(H,45,51)(H,46,52)(H,48,49)/t25-,26+,27?,29+,30-,31+,41+,42-,43-,44-/m1/s1. The molecule has 302 valence electrons. The van der Waals surface area contributed by atoms with Crippen LogP contribution >= 0.6 is 0 Å². The van der Waals surface area contributed by atoms with Gasteiger partial charge in [0.25, 0.3) is 0 Å². The van der Waals surface area contributed by atoms with Gasteiger partial charge in [-0.2, -0.15) is 0 Å². The number of amides is 2. The molecule has 6 aliphatic rings. The molecule has 5 saturated carbocycles. The van der Waals surface area contributed by atoms with Crippen LogP contribution in [0.15, 0.2) is 11.1 Å². The minimum absolute atomic E-state index is 0.00973. The number of carbonyl (C=O) groups excluding carboxylic acids is 4. The number of nitrogens with one attached hydrogen (secondary N) is 2. The second kappa shape index (κ2) is 13.1. The Morgan fingerprint density at radius 3 is 2.11 bits per heavy atom. The number of carboxylic acids is 1. The van der Waals surface area contributed by atoms with E-state index >= 15 is 0 Å². The van der Waals surface area contributed by atoms with E-state index in [1.807, 2.05) is 13.8 Å². The van der Waals surface area contributed by atoms with Gasteiger partial charge in [-0.3, -0.25) is 19.2 Å². The Kier molecular flexibility index (Phi) is 9.86. The summed E-state index contributed by atoms with van der Waals surface area (Å²) in [5.74, 6) is -1.24. The summed E-state index contributed by atoms with van der Waals surface area (Å²) in [6.07, 6.45) is 7.08. The van der Waals surface area contributed by atoms with Gasteiger partial charge in [-0.15, -0.1) is 0 Å². The Balaban J connectivity index is 1.27. The molecule has 0 aromatic heterocycles. The summed E-state index contributed by atoms with van der Waals surface area (Å²) < 4.78 is 11.5. The maximum Gasteiger partial charge on any atom is 0.407 e. The van der Waals surface area contributed by atoms with Gasteiger partial charge in [-0.25, -0.2) is 4.79 Å². The molecule has 0 aromatic rings. The Hall–Kier alpha value is -2.91. The van der Waals surface area contributed by atoms with E-state index in [0.717, 1.165) is 56.1 Å². The maximum absolute atomic E-state index is 14.0. The van der Waals surface area contributed by atoms with Gasteiger partial charge in [0, 0.05) is 11.8 Å². The average molecular weight is 753 g/mol. The second-order valence-corrected chi connectivity index (χ2v) is 21.0. The minimum atomic E-state index is -1.23. The largest absolute Gasteiger partial charge is 0.481 e. The first-order chi connectivity index (χ1) is 24.8. The van der Waals surface area contributed by atoms with Crippen molar-refractivity contribution < 1.29 is 38.6 Å². The summed E-state index contributed by atoms with van der Waals surface area (Å²) in [5, 5.41) is 15.8. The molecule has 0 bridgehead atoms. The summed E-state index contributed by atoms with van der Waals surface area (Å²) in [7, 11) is 0. The van der Waals surface area contributed by atoms with Gasteiger partial charge in [0.15, 0.2) is 5.78 Å². The molecule has 10 heteroatoms. The van der Waals surface area contributed by atoms with Crippen LogP contribution in [0.1, 0.15) is 147 Å². The lowest BCUT2D eigenvalue weighted by molar-refractivity contribution is -0.235. The molecular weight excluding hydrogens is 684 g/mol. The highest BCUT2D eigenvalue weighted by atomic mass is 16.6. The SMILES string of the molecule is CCOC(=O)NC(C)(C)C(=O)N[C@@]12CC[C@]3(C)[C@H](CC[C@@H]4[C@@]5(C)CC[C@H](OC(=O)C6C[C@@H](C(=O)O)C6(C)C)C(C)(C)[C@@H]5CC[C@]43C)C1=C(C(C)C)C(=O)C2. The molecule has 0 heterocycles. The van der Waals surface area contributed by atoms with Gasteiger partial charge < -0.3 is 25.2 Å². The highest BCUT2D eigenvalue weighted by molar-refractivity contribution is 6.03. The van der Waals surface area contributed by atoms with Crippen LogP contribution in [0.4, 0.5) is 4.79 Å². The topological polar surface area (TPSA) is 148 Å². The lowest BCUT2D eigenvalue weighted by atomic mass is 9.33. The number of ether oxygens (including phenoxy) is 2. The highest BCUT2D eigenvalue weighted by Crippen LogP contribution is 2.76. The third kappa shape index (κ3) is 5.78. The molecule has 3 N–H and O–H groups in total.